The summed E-state index contributed by atoms with van der Waals surface area (Å²) in [6.07, 6.45) is 0. The molecule has 14 heavy (non-hydrogen) atoms. The van der Waals surface area contributed by atoms with E-state index in [0.717, 1.165) is 26.2 Å². The van der Waals surface area contributed by atoms with Crippen LogP contribution in [0.4, 0.5) is 0 Å². The maximum atomic E-state index is 12.0. The molecule has 1 amide bonds. The lowest BCUT2D eigenvalue weighted by molar-refractivity contribution is -0.138. The summed E-state index contributed by atoms with van der Waals surface area (Å²) in [5.41, 5.74) is 0.0714. The SMILES string of the molecule is C[C@H](C(=O)N1CCNCC1)C(C)(C)C. The Hall–Kier alpha value is -0.570. The molecule has 0 saturated carbocycles. The molecular formula is C11H22N2O. The zero-order chi connectivity index (χ0) is 10.8. The topological polar surface area (TPSA) is 32.3 Å². The first-order valence-corrected chi connectivity index (χ1v) is 5.42. The van der Waals surface area contributed by atoms with Gasteiger partial charge in [0.05, 0.1) is 0 Å². The van der Waals surface area contributed by atoms with Crippen molar-refractivity contribution in [3.05, 3.63) is 0 Å². The number of rotatable bonds is 1. The largest absolute Gasteiger partial charge is 0.340 e. The van der Waals surface area contributed by atoms with Gasteiger partial charge in [0, 0.05) is 32.1 Å². The third kappa shape index (κ3) is 2.71. The monoisotopic (exact) mass is 198 g/mol. The van der Waals surface area contributed by atoms with E-state index in [1.54, 1.807) is 0 Å². The molecule has 0 aromatic rings. The maximum absolute atomic E-state index is 12.0. The van der Waals surface area contributed by atoms with Crippen molar-refractivity contribution in [2.45, 2.75) is 27.7 Å². The van der Waals surface area contributed by atoms with Crippen molar-refractivity contribution < 1.29 is 4.79 Å². The first-order chi connectivity index (χ1) is 6.43. The number of carbonyl (C=O) groups excluding carboxylic acids is 1. The molecule has 3 heteroatoms. The van der Waals surface area contributed by atoms with E-state index in [4.69, 9.17) is 0 Å². The van der Waals surface area contributed by atoms with Crippen LogP contribution in [0.15, 0.2) is 0 Å². The average Bonchev–Trinajstić information content (AvgIpc) is 2.15. The number of nitrogens with zero attached hydrogens (tertiary/aromatic N) is 1. The van der Waals surface area contributed by atoms with E-state index < -0.39 is 0 Å². The molecule has 1 aliphatic heterocycles. The molecule has 0 unspecified atom stereocenters. The van der Waals surface area contributed by atoms with E-state index in [1.807, 2.05) is 11.8 Å². The first kappa shape index (κ1) is 11.5. The van der Waals surface area contributed by atoms with Gasteiger partial charge in [-0.2, -0.15) is 0 Å². The molecule has 0 radical (unpaired) electrons. The number of nitrogens with one attached hydrogen (secondary N) is 1. The second-order valence-corrected chi connectivity index (χ2v) is 5.16. The molecule has 0 spiro atoms. The average molecular weight is 198 g/mol. The van der Waals surface area contributed by atoms with Crippen molar-refractivity contribution in [1.29, 1.82) is 0 Å². The van der Waals surface area contributed by atoms with Crippen LogP contribution >= 0.6 is 0 Å². The van der Waals surface area contributed by atoms with Crippen molar-refractivity contribution >= 4 is 5.91 Å². The summed E-state index contributed by atoms with van der Waals surface area (Å²) in [6.45, 7) is 12.0. The molecular weight excluding hydrogens is 176 g/mol. The summed E-state index contributed by atoms with van der Waals surface area (Å²) in [5.74, 6) is 0.416. The zero-order valence-electron chi connectivity index (χ0n) is 9.76. The quantitative estimate of drug-likeness (QED) is 0.684. The van der Waals surface area contributed by atoms with Gasteiger partial charge in [-0.1, -0.05) is 27.7 Å². The Balaban J connectivity index is 2.55. The minimum atomic E-state index is 0.0714. The molecule has 0 aromatic heterocycles. The molecule has 1 fully saturated rings. The number of piperazine rings is 1. The fraction of sp³-hybridized carbons (Fsp3) is 0.909. The minimum absolute atomic E-state index is 0.0714. The Morgan fingerprint density at radius 1 is 1.29 bits per heavy atom. The van der Waals surface area contributed by atoms with Gasteiger partial charge in [-0.15, -0.1) is 0 Å². The van der Waals surface area contributed by atoms with Crippen molar-refractivity contribution in [1.82, 2.24) is 10.2 Å². The Kier molecular flexibility index (Phi) is 3.53. The third-order valence-corrected chi connectivity index (χ3v) is 3.10. The second-order valence-electron chi connectivity index (χ2n) is 5.16. The number of hydrogen-bond donors (Lipinski definition) is 1. The Morgan fingerprint density at radius 2 is 1.79 bits per heavy atom. The van der Waals surface area contributed by atoms with E-state index in [0.29, 0.717) is 5.91 Å². The third-order valence-electron chi connectivity index (χ3n) is 3.10. The van der Waals surface area contributed by atoms with Gasteiger partial charge in [0.15, 0.2) is 0 Å². The van der Waals surface area contributed by atoms with Gasteiger partial charge >= 0.3 is 0 Å². The van der Waals surface area contributed by atoms with Crippen LogP contribution in [0.1, 0.15) is 27.7 Å². The summed E-state index contributed by atoms with van der Waals surface area (Å²) >= 11 is 0. The Labute approximate surface area is 86.9 Å². The van der Waals surface area contributed by atoms with Crippen molar-refractivity contribution in [2.75, 3.05) is 26.2 Å². The molecule has 3 nitrogen and oxygen atoms in total. The van der Waals surface area contributed by atoms with E-state index in [-0.39, 0.29) is 11.3 Å². The molecule has 0 aromatic carbocycles. The molecule has 1 heterocycles. The Bertz CT molecular complexity index is 202. The summed E-state index contributed by atoms with van der Waals surface area (Å²) < 4.78 is 0. The lowest BCUT2D eigenvalue weighted by Gasteiger charge is -2.34. The van der Waals surface area contributed by atoms with Crippen LogP contribution < -0.4 is 5.32 Å². The van der Waals surface area contributed by atoms with Crippen LogP contribution in [0.25, 0.3) is 0 Å². The lowest BCUT2D eigenvalue weighted by Crippen LogP contribution is -2.49. The summed E-state index contributed by atoms with van der Waals surface area (Å²) in [5, 5.41) is 3.25. The van der Waals surface area contributed by atoms with E-state index in [9.17, 15) is 4.79 Å². The minimum Gasteiger partial charge on any atom is -0.340 e. The van der Waals surface area contributed by atoms with E-state index in [1.165, 1.54) is 0 Å². The molecule has 1 N–H and O–H groups in total. The van der Waals surface area contributed by atoms with Crippen molar-refractivity contribution in [3.8, 4) is 0 Å². The van der Waals surface area contributed by atoms with Crippen molar-refractivity contribution in [3.63, 3.8) is 0 Å². The van der Waals surface area contributed by atoms with Crippen molar-refractivity contribution in [2.24, 2.45) is 11.3 Å². The molecule has 1 aliphatic rings. The predicted octanol–water partition coefficient (Wildman–Crippen LogP) is 1.10. The molecule has 1 rings (SSSR count). The molecule has 0 bridgehead atoms. The van der Waals surface area contributed by atoms with Crippen LogP contribution in [0.3, 0.4) is 0 Å². The van der Waals surface area contributed by atoms with Crippen LogP contribution in [0.2, 0.25) is 0 Å². The number of amides is 1. The first-order valence-electron chi connectivity index (χ1n) is 5.42. The van der Waals surface area contributed by atoms with Gasteiger partial charge in [-0.3, -0.25) is 4.79 Å². The number of carbonyl (C=O) groups is 1. The van der Waals surface area contributed by atoms with Crippen LogP contribution in [0.5, 0.6) is 0 Å². The fourth-order valence-electron chi connectivity index (χ4n) is 1.53. The van der Waals surface area contributed by atoms with Gasteiger partial charge in [0.25, 0.3) is 0 Å². The maximum Gasteiger partial charge on any atom is 0.226 e. The van der Waals surface area contributed by atoms with Crippen LogP contribution in [-0.2, 0) is 4.79 Å². The summed E-state index contributed by atoms with van der Waals surface area (Å²) in [7, 11) is 0. The van der Waals surface area contributed by atoms with E-state index >= 15 is 0 Å². The molecule has 1 saturated heterocycles. The summed E-state index contributed by atoms with van der Waals surface area (Å²) in [6, 6.07) is 0. The predicted molar refractivity (Wildman–Crippen MR) is 58.1 cm³/mol. The second kappa shape index (κ2) is 4.30. The van der Waals surface area contributed by atoms with Gasteiger partial charge in [-0.05, 0) is 5.41 Å². The molecule has 0 aliphatic carbocycles. The van der Waals surface area contributed by atoms with E-state index in [2.05, 4.69) is 26.1 Å². The van der Waals surface area contributed by atoms with Gasteiger partial charge in [0.2, 0.25) is 5.91 Å². The van der Waals surface area contributed by atoms with Gasteiger partial charge in [0.1, 0.15) is 0 Å². The standard InChI is InChI=1S/C11H22N2O/c1-9(11(2,3)4)10(14)13-7-5-12-6-8-13/h9,12H,5-8H2,1-4H3/t9-/m1/s1. The smallest absolute Gasteiger partial charge is 0.226 e. The highest BCUT2D eigenvalue weighted by molar-refractivity contribution is 5.79. The van der Waals surface area contributed by atoms with Crippen LogP contribution in [0, 0.1) is 11.3 Å². The highest BCUT2D eigenvalue weighted by Crippen LogP contribution is 2.27. The highest BCUT2D eigenvalue weighted by Gasteiger charge is 2.30. The fourth-order valence-corrected chi connectivity index (χ4v) is 1.53. The number of hydrogen-bond acceptors (Lipinski definition) is 2. The molecule has 1 atom stereocenters. The summed E-state index contributed by atoms with van der Waals surface area (Å²) in [4.78, 5) is 14.0. The normalized spacial score (nSPS) is 20.7. The lowest BCUT2D eigenvalue weighted by atomic mass is 9.81. The van der Waals surface area contributed by atoms with Gasteiger partial charge < -0.3 is 10.2 Å². The Morgan fingerprint density at radius 3 is 2.21 bits per heavy atom. The zero-order valence-corrected chi connectivity index (χ0v) is 9.76. The molecule has 82 valence electrons. The van der Waals surface area contributed by atoms with Crippen LogP contribution in [-0.4, -0.2) is 37.0 Å². The van der Waals surface area contributed by atoms with Gasteiger partial charge in [-0.25, -0.2) is 0 Å². The highest BCUT2D eigenvalue weighted by atomic mass is 16.2.